The molecule has 0 bridgehead atoms. The summed E-state index contributed by atoms with van der Waals surface area (Å²) in [6.45, 7) is 0.899. The fourth-order valence-corrected chi connectivity index (χ4v) is 7.20. The zero-order valence-electron chi connectivity index (χ0n) is 23.2. The number of likely N-dealkylation sites (tertiary alicyclic amines) is 1. The lowest BCUT2D eigenvalue weighted by molar-refractivity contribution is -0.145. The molecule has 228 valence electrons. The number of ether oxygens (including phenoxy) is 2. The fourth-order valence-electron chi connectivity index (χ4n) is 4.92. The normalized spacial score (nSPS) is 20.2. The van der Waals surface area contributed by atoms with Crippen molar-refractivity contribution in [1.82, 2.24) is 14.5 Å². The molecule has 2 fully saturated rings. The van der Waals surface area contributed by atoms with Gasteiger partial charge in [0.05, 0.1) is 24.4 Å². The number of nitrogens with one attached hydrogen (secondary N) is 1. The summed E-state index contributed by atoms with van der Waals surface area (Å²) in [7, 11) is -7.02. The van der Waals surface area contributed by atoms with E-state index in [4.69, 9.17) is 13.7 Å². The van der Waals surface area contributed by atoms with Crippen LogP contribution in [-0.4, -0.2) is 95.2 Å². The number of nitrogens with zero attached hydrogens (tertiary/aromatic N) is 2. The maximum atomic E-state index is 13.5. The molecule has 0 spiro atoms. The maximum absolute atomic E-state index is 13.5. The monoisotopic (exact) mass is 623 g/mol. The van der Waals surface area contributed by atoms with Crippen LogP contribution in [0.25, 0.3) is 0 Å². The van der Waals surface area contributed by atoms with Gasteiger partial charge in [-0.3, -0.25) is 8.98 Å². The van der Waals surface area contributed by atoms with Crippen LogP contribution in [0.1, 0.15) is 24.8 Å². The van der Waals surface area contributed by atoms with Crippen LogP contribution in [0.3, 0.4) is 0 Å². The molecule has 0 aliphatic carbocycles. The predicted molar refractivity (Wildman–Crippen MR) is 149 cm³/mol. The van der Waals surface area contributed by atoms with Crippen LogP contribution in [0.15, 0.2) is 59.5 Å². The molecule has 2 aromatic carbocycles. The van der Waals surface area contributed by atoms with Crippen molar-refractivity contribution in [3.05, 3.63) is 60.2 Å². The Labute approximate surface area is 244 Å². The van der Waals surface area contributed by atoms with Gasteiger partial charge in [-0.15, -0.1) is 0 Å². The van der Waals surface area contributed by atoms with Crippen molar-refractivity contribution in [2.45, 2.75) is 48.8 Å². The Morgan fingerprint density at radius 2 is 1.62 bits per heavy atom. The standard InChI is InChI=1S/C27H33N3O10S2/c1-38-26(32)23(16-19-10-12-20(13-11-19)39-27(33)29-14-6-7-15-29)28-25(31)24-17-21(40-41(2,34)35)18-30(24)42(36,37)22-8-4-3-5-9-22/h3-5,8-13,21,23-24H,6-7,14-18H2,1-2H3,(H,28,31)/t21-,23?,24-/m0/s1. The third-order valence-corrected chi connectivity index (χ3v) is 9.43. The van der Waals surface area contributed by atoms with E-state index in [1.165, 1.54) is 24.3 Å². The molecule has 2 aliphatic heterocycles. The van der Waals surface area contributed by atoms with Gasteiger partial charge in [-0.1, -0.05) is 30.3 Å². The Bertz CT molecular complexity index is 1490. The number of hydrogen-bond acceptors (Lipinski definition) is 10. The van der Waals surface area contributed by atoms with Gasteiger partial charge >= 0.3 is 12.1 Å². The molecule has 2 heterocycles. The molecular formula is C27H33N3O10S2. The molecule has 2 amide bonds. The van der Waals surface area contributed by atoms with Crippen LogP contribution >= 0.6 is 0 Å². The number of rotatable bonds is 10. The summed E-state index contributed by atoms with van der Waals surface area (Å²) < 4.78 is 66.6. The van der Waals surface area contributed by atoms with E-state index >= 15 is 0 Å². The Hall–Kier alpha value is -3.53. The van der Waals surface area contributed by atoms with Crippen molar-refractivity contribution in [2.75, 3.05) is 33.0 Å². The molecular weight excluding hydrogens is 590 g/mol. The Morgan fingerprint density at radius 3 is 2.21 bits per heavy atom. The molecule has 42 heavy (non-hydrogen) atoms. The molecule has 0 saturated carbocycles. The van der Waals surface area contributed by atoms with E-state index in [-0.39, 0.29) is 24.3 Å². The van der Waals surface area contributed by atoms with Crippen LogP contribution in [0.5, 0.6) is 5.75 Å². The Balaban J connectivity index is 1.50. The first-order valence-corrected chi connectivity index (χ1v) is 16.5. The summed E-state index contributed by atoms with van der Waals surface area (Å²) in [6, 6.07) is 11.2. The van der Waals surface area contributed by atoms with Gasteiger partial charge < -0.3 is 19.7 Å². The molecule has 2 saturated heterocycles. The summed E-state index contributed by atoms with van der Waals surface area (Å²) in [4.78, 5) is 39.9. The highest BCUT2D eigenvalue weighted by atomic mass is 32.2. The summed E-state index contributed by atoms with van der Waals surface area (Å²) in [5.74, 6) is -1.27. The van der Waals surface area contributed by atoms with Gasteiger partial charge in [0.15, 0.2) is 0 Å². The van der Waals surface area contributed by atoms with Crippen LogP contribution < -0.4 is 10.1 Å². The second-order valence-corrected chi connectivity index (χ2v) is 13.5. The highest BCUT2D eigenvalue weighted by molar-refractivity contribution is 7.89. The van der Waals surface area contributed by atoms with Gasteiger partial charge in [0.25, 0.3) is 10.1 Å². The van der Waals surface area contributed by atoms with E-state index in [2.05, 4.69) is 5.32 Å². The number of hydrogen-bond donors (Lipinski definition) is 1. The lowest BCUT2D eigenvalue weighted by atomic mass is 10.0. The van der Waals surface area contributed by atoms with Crippen LogP contribution in [0.4, 0.5) is 4.79 Å². The van der Waals surface area contributed by atoms with Crippen LogP contribution in [0, 0.1) is 0 Å². The molecule has 0 aromatic heterocycles. The van der Waals surface area contributed by atoms with E-state index in [1.807, 2.05) is 0 Å². The second kappa shape index (κ2) is 13.2. The van der Waals surface area contributed by atoms with Gasteiger partial charge in [-0.05, 0) is 42.7 Å². The first kappa shape index (κ1) is 31.4. The number of sulfonamides is 1. The second-order valence-electron chi connectivity index (χ2n) is 10.1. The van der Waals surface area contributed by atoms with Gasteiger partial charge in [0.2, 0.25) is 15.9 Å². The van der Waals surface area contributed by atoms with Crippen molar-refractivity contribution < 1.29 is 44.9 Å². The third kappa shape index (κ3) is 7.85. The zero-order valence-corrected chi connectivity index (χ0v) is 24.8. The zero-order chi connectivity index (χ0) is 30.5. The minimum Gasteiger partial charge on any atom is -0.467 e. The lowest BCUT2D eigenvalue weighted by Gasteiger charge is -2.25. The molecule has 2 aromatic rings. The van der Waals surface area contributed by atoms with Crippen molar-refractivity contribution >= 4 is 38.1 Å². The molecule has 15 heteroatoms. The number of carbonyl (C=O) groups excluding carboxylic acids is 3. The number of carbonyl (C=O) groups is 3. The van der Waals surface area contributed by atoms with Crippen molar-refractivity contribution in [3.63, 3.8) is 0 Å². The van der Waals surface area contributed by atoms with E-state index in [0.717, 1.165) is 30.5 Å². The summed E-state index contributed by atoms with van der Waals surface area (Å²) >= 11 is 0. The van der Waals surface area contributed by atoms with Crippen LogP contribution in [-0.2, 0) is 45.1 Å². The van der Waals surface area contributed by atoms with E-state index in [9.17, 15) is 31.2 Å². The molecule has 13 nitrogen and oxygen atoms in total. The van der Waals surface area contributed by atoms with E-state index < -0.39 is 56.3 Å². The Kier molecular flexibility index (Phi) is 9.86. The van der Waals surface area contributed by atoms with Gasteiger partial charge in [-0.25, -0.2) is 18.0 Å². The average Bonchev–Trinajstić information content (AvgIpc) is 3.64. The van der Waals surface area contributed by atoms with Gasteiger partial charge in [0, 0.05) is 32.5 Å². The summed E-state index contributed by atoms with van der Waals surface area (Å²) in [5.41, 5.74) is 0.602. The third-order valence-electron chi connectivity index (χ3n) is 6.92. The average molecular weight is 624 g/mol. The molecule has 2 aliphatic rings. The SMILES string of the molecule is COC(=O)C(Cc1ccc(OC(=O)N2CCCC2)cc1)NC(=O)[C@@H]1C[C@H](OS(C)(=O)=O)CN1S(=O)(=O)c1ccccc1. The minimum atomic E-state index is -4.23. The van der Waals surface area contributed by atoms with Crippen LogP contribution in [0.2, 0.25) is 0 Å². The molecule has 1 N–H and O–H groups in total. The molecule has 3 atom stereocenters. The highest BCUT2D eigenvalue weighted by Gasteiger charge is 2.46. The fraction of sp³-hybridized carbons (Fsp3) is 0.444. The largest absolute Gasteiger partial charge is 0.467 e. The Morgan fingerprint density at radius 1 is 0.976 bits per heavy atom. The highest BCUT2D eigenvalue weighted by Crippen LogP contribution is 2.29. The van der Waals surface area contributed by atoms with Gasteiger partial charge in [0.1, 0.15) is 17.8 Å². The van der Waals surface area contributed by atoms with Gasteiger partial charge in [-0.2, -0.15) is 12.7 Å². The number of esters is 1. The number of amides is 2. The quantitative estimate of drug-likeness (QED) is 0.301. The van der Waals surface area contributed by atoms with E-state index in [0.29, 0.717) is 24.4 Å². The lowest BCUT2D eigenvalue weighted by Crippen LogP contribution is -2.51. The molecule has 4 rings (SSSR count). The maximum Gasteiger partial charge on any atom is 0.415 e. The summed E-state index contributed by atoms with van der Waals surface area (Å²) in [5, 5.41) is 2.56. The predicted octanol–water partition coefficient (Wildman–Crippen LogP) is 1.29. The molecule has 0 radical (unpaired) electrons. The first-order valence-electron chi connectivity index (χ1n) is 13.3. The van der Waals surface area contributed by atoms with Crippen molar-refractivity contribution in [2.24, 2.45) is 0 Å². The van der Waals surface area contributed by atoms with Crippen molar-refractivity contribution in [3.8, 4) is 5.75 Å². The first-order chi connectivity index (χ1) is 19.9. The van der Waals surface area contributed by atoms with Crippen molar-refractivity contribution in [1.29, 1.82) is 0 Å². The number of benzene rings is 2. The molecule has 1 unspecified atom stereocenters. The number of methoxy groups -OCH3 is 1. The summed E-state index contributed by atoms with van der Waals surface area (Å²) in [6.07, 6.45) is 0.873. The van der Waals surface area contributed by atoms with E-state index in [1.54, 1.807) is 35.2 Å². The topological polar surface area (TPSA) is 166 Å². The smallest absolute Gasteiger partial charge is 0.415 e. The minimum absolute atomic E-state index is 0.0137.